The van der Waals surface area contributed by atoms with Gasteiger partial charge in [0, 0.05) is 5.56 Å². The number of hydrogen-bond acceptors (Lipinski definition) is 4. The second kappa shape index (κ2) is 5.58. The first-order chi connectivity index (χ1) is 10.2. The van der Waals surface area contributed by atoms with Gasteiger partial charge in [-0.25, -0.2) is 9.59 Å². The molecule has 0 spiro atoms. The van der Waals surface area contributed by atoms with E-state index in [1.807, 2.05) is 0 Å². The molecule has 8 heteroatoms. The lowest BCUT2D eigenvalue weighted by atomic mass is 9.95. The number of carboxylic acid groups (broad SMARTS) is 2. The van der Waals surface area contributed by atoms with E-state index in [1.54, 1.807) is 0 Å². The molecule has 114 valence electrons. The van der Waals surface area contributed by atoms with Gasteiger partial charge in [-0.1, -0.05) is 30.3 Å². The van der Waals surface area contributed by atoms with E-state index >= 15 is 0 Å². The molecule has 0 aliphatic rings. The van der Waals surface area contributed by atoms with Crippen molar-refractivity contribution in [3.63, 3.8) is 0 Å². The molecule has 0 bridgehead atoms. The number of benzene rings is 2. The minimum Gasteiger partial charge on any atom is -0.478 e. The number of aromatic carboxylic acids is 2. The molecule has 0 unspecified atom stereocenters. The van der Waals surface area contributed by atoms with Gasteiger partial charge in [0.25, 0.3) is 10.1 Å². The first-order valence-electron chi connectivity index (χ1n) is 5.90. The summed E-state index contributed by atoms with van der Waals surface area (Å²) in [6.07, 6.45) is 0. The normalized spacial score (nSPS) is 11.1. The Morgan fingerprint density at radius 2 is 1.41 bits per heavy atom. The third kappa shape index (κ3) is 2.83. The number of rotatable bonds is 4. The average Bonchev–Trinajstić information content (AvgIpc) is 2.45. The van der Waals surface area contributed by atoms with E-state index in [0.717, 1.165) is 12.1 Å². The Balaban J connectivity index is 2.89. The fourth-order valence-corrected chi connectivity index (χ4v) is 2.81. The first kappa shape index (κ1) is 15.7. The lowest BCUT2D eigenvalue weighted by molar-refractivity contribution is 0.0652. The van der Waals surface area contributed by atoms with E-state index in [2.05, 4.69) is 0 Å². The molecular formula is C14H10O7S. The fraction of sp³-hybridized carbons (Fsp3) is 0. The van der Waals surface area contributed by atoms with Crippen molar-refractivity contribution in [2.45, 2.75) is 4.90 Å². The summed E-state index contributed by atoms with van der Waals surface area (Å²) < 4.78 is 32.1. The van der Waals surface area contributed by atoms with Crippen LogP contribution >= 0.6 is 0 Å². The number of carboxylic acids is 2. The van der Waals surface area contributed by atoms with Crippen molar-refractivity contribution in [2.24, 2.45) is 0 Å². The summed E-state index contributed by atoms with van der Waals surface area (Å²) in [4.78, 5) is 22.1. The Labute approximate surface area is 125 Å². The quantitative estimate of drug-likeness (QED) is 0.734. The largest absolute Gasteiger partial charge is 0.478 e. The molecule has 2 aromatic rings. The van der Waals surface area contributed by atoms with Crippen LogP contribution in [-0.2, 0) is 10.1 Å². The lowest BCUT2D eigenvalue weighted by Gasteiger charge is -2.12. The van der Waals surface area contributed by atoms with Crippen LogP contribution in [0.15, 0.2) is 47.4 Å². The minimum absolute atomic E-state index is 0.0921. The Bertz CT molecular complexity index is 869. The van der Waals surface area contributed by atoms with E-state index in [0.29, 0.717) is 0 Å². The highest BCUT2D eigenvalue weighted by Crippen LogP contribution is 2.31. The van der Waals surface area contributed by atoms with Gasteiger partial charge in [0.15, 0.2) is 0 Å². The maximum atomic E-state index is 11.4. The van der Waals surface area contributed by atoms with Crippen LogP contribution in [0.3, 0.4) is 0 Å². The molecule has 0 saturated carbocycles. The highest BCUT2D eigenvalue weighted by molar-refractivity contribution is 7.86. The Hall–Kier alpha value is -2.71. The van der Waals surface area contributed by atoms with Crippen LogP contribution < -0.4 is 0 Å². The molecule has 0 radical (unpaired) electrons. The van der Waals surface area contributed by atoms with Crippen molar-refractivity contribution in [2.75, 3.05) is 0 Å². The van der Waals surface area contributed by atoms with Gasteiger partial charge in [-0.15, -0.1) is 0 Å². The monoisotopic (exact) mass is 322 g/mol. The molecule has 0 fully saturated rings. The molecule has 0 atom stereocenters. The van der Waals surface area contributed by atoms with Gasteiger partial charge in [-0.05, 0) is 17.7 Å². The lowest BCUT2D eigenvalue weighted by Crippen LogP contribution is -2.11. The van der Waals surface area contributed by atoms with Gasteiger partial charge in [-0.2, -0.15) is 8.42 Å². The molecule has 22 heavy (non-hydrogen) atoms. The van der Waals surface area contributed by atoms with Gasteiger partial charge in [-0.3, -0.25) is 4.55 Å². The Morgan fingerprint density at radius 1 is 0.818 bits per heavy atom. The van der Waals surface area contributed by atoms with Gasteiger partial charge < -0.3 is 10.2 Å². The van der Waals surface area contributed by atoms with Crippen LogP contribution in [-0.4, -0.2) is 35.1 Å². The van der Waals surface area contributed by atoms with E-state index in [-0.39, 0.29) is 11.1 Å². The highest BCUT2D eigenvalue weighted by Gasteiger charge is 2.24. The molecule has 3 N–H and O–H groups in total. The summed E-state index contributed by atoms with van der Waals surface area (Å²) in [6, 6.07) is 8.87. The zero-order valence-electron chi connectivity index (χ0n) is 10.9. The Morgan fingerprint density at radius 3 is 1.95 bits per heavy atom. The molecule has 0 amide bonds. The smallest absolute Gasteiger partial charge is 0.337 e. The molecule has 2 aromatic carbocycles. The van der Waals surface area contributed by atoms with Crippen LogP contribution in [0.25, 0.3) is 11.1 Å². The van der Waals surface area contributed by atoms with Gasteiger partial charge in [0.05, 0.1) is 11.1 Å². The predicted octanol–water partition coefficient (Wildman–Crippen LogP) is 2.00. The fourth-order valence-electron chi connectivity index (χ4n) is 2.10. The van der Waals surface area contributed by atoms with Crippen molar-refractivity contribution in [1.82, 2.24) is 0 Å². The summed E-state index contributed by atoms with van der Waals surface area (Å²) in [6.45, 7) is 0. The summed E-state index contributed by atoms with van der Waals surface area (Å²) in [7, 11) is -4.60. The SMILES string of the molecule is O=C(O)c1cccc(-c2ccccc2S(=O)(=O)O)c1C(=O)O. The number of hydrogen-bond donors (Lipinski definition) is 3. The molecule has 0 heterocycles. The van der Waals surface area contributed by atoms with Gasteiger partial charge >= 0.3 is 11.9 Å². The molecule has 7 nitrogen and oxygen atoms in total. The number of carbonyl (C=O) groups is 2. The third-order valence-electron chi connectivity index (χ3n) is 2.96. The molecule has 2 rings (SSSR count). The van der Waals surface area contributed by atoms with Crippen molar-refractivity contribution in [1.29, 1.82) is 0 Å². The van der Waals surface area contributed by atoms with Gasteiger partial charge in [0.2, 0.25) is 0 Å². The molecular weight excluding hydrogens is 312 g/mol. The van der Waals surface area contributed by atoms with E-state index in [1.165, 1.54) is 30.3 Å². The zero-order valence-corrected chi connectivity index (χ0v) is 11.7. The second-order valence-corrected chi connectivity index (χ2v) is 5.70. The van der Waals surface area contributed by atoms with Crippen LogP contribution in [0.5, 0.6) is 0 Å². The van der Waals surface area contributed by atoms with Crippen molar-refractivity contribution < 1.29 is 32.8 Å². The highest BCUT2D eigenvalue weighted by atomic mass is 32.2. The maximum Gasteiger partial charge on any atom is 0.337 e. The second-order valence-electron chi connectivity index (χ2n) is 4.31. The maximum absolute atomic E-state index is 11.4. The van der Waals surface area contributed by atoms with Crippen molar-refractivity contribution in [3.05, 3.63) is 53.6 Å². The average molecular weight is 322 g/mol. The van der Waals surface area contributed by atoms with E-state index in [9.17, 15) is 27.7 Å². The molecule has 0 aromatic heterocycles. The standard InChI is InChI=1S/C14H10O7S/c15-13(16)10-6-3-5-9(12(10)14(17)18)8-4-1-2-7-11(8)22(19,20)21/h1-7H,(H,15,16)(H,17,18)(H,19,20,21). The van der Waals surface area contributed by atoms with Crippen molar-refractivity contribution >= 4 is 22.1 Å². The Kier molecular flexibility index (Phi) is 3.98. The summed E-state index contributed by atoms with van der Waals surface area (Å²) in [5.41, 5.74) is -1.23. The minimum atomic E-state index is -4.60. The third-order valence-corrected chi connectivity index (χ3v) is 3.88. The van der Waals surface area contributed by atoms with Gasteiger partial charge in [0.1, 0.15) is 4.90 Å². The summed E-state index contributed by atoms with van der Waals surface area (Å²) in [5.74, 6) is -2.97. The molecule has 0 saturated heterocycles. The predicted molar refractivity (Wildman–Crippen MR) is 75.6 cm³/mol. The first-order valence-corrected chi connectivity index (χ1v) is 7.34. The van der Waals surface area contributed by atoms with E-state index in [4.69, 9.17) is 5.11 Å². The van der Waals surface area contributed by atoms with Crippen molar-refractivity contribution in [3.8, 4) is 11.1 Å². The molecule has 0 aliphatic carbocycles. The molecule has 0 aliphatic heterocycles. The summed E-state index contributed by atoms with van der Waals surface area (Å²) >= 11 is 0. The zero-order chi connectivity index (χ0) is 16.5. The van der Waals surface area contributed by atoms with Crippen LogP contribution in [0, 0.1) is 0 Å². The van der Waals surface area contributed by atoms with Crippen LogP contribution in [0.2, 0.25) is 0 Å². The van der Waals surface area contributed by atoms with Crippen LogP contribution in [0.1, 0.15) is 20.7 Å². The van der Waals surface area contributed by atoms with Crippen LogP contribution in [0.4, 0.5) is 0 Å². The summed E-state index contributed by atoms with van der Waals surface area (Å²) in [5, 5.41) is 18.4. The topological polar surface area (TPSA) is 129 Å². The van der Waals surface area contributed by atoms with E-state index < -0.39 is 38.1 Å².